The van der Waals surface area contributed by atoms with Gasteiger partial charge in [-0.3, -0.25) is 4.79 Å². The molecular formula is C34H48N6O3S. The Bertz CT molecular complexity index is 1610. The highest BCUT2D eigenvalue weighted by atomic mass is 32.2. The van der Waals surface area contributed by atoms with E-state index in [9.17, 15) is 13.2 Å². The summed E-state index contributed by atoms with van der Waals surface area (Å²) in [6.07, 6.45) is 4.05. The SMILES string of the molecule is Cc1c(C)c(C)c(S(=O)(=O)N2CCN(C(=O)c3ccc(-n4cc(CCN5CCC(C)C(C)(C)C5)nn4)cc3)CC2)c(C)c1C. The monoisotopic (exact) mass is 620 g/mol. The van der Waals surface area contributed by atoms with Crippen LogP contribution in [0.2, 0.25) is 0 Å². The van der Waals surface area contributed by atoms with E-state index in [4.69, 9.17) is 0 Å². The van der Waals surface area contributed by atoms with Gasteiger partial charge in [0.05, 0.1) is 22.5 Å². The molecule has 2 aliphatic rings. The van der Waals surface area contributed by atoms with E-state index in [1.54, 1.807) is 9.58 Å². The van der Waals surface area contributed by atoms with Crippen molar-refractivity contribution in [1.29, 1.82) is 0 Å². The lowest BCUT2D eigenvalue weighted by molar-refractivity contribution is 0.0655. The smallest absolute Gasteiger partial charge is 0.253 e. The molecule has 0 saturated carbocycles. The zero-order valence-corrected chi connectivity index (χ0v) is 28.5. The number of nitrogens with zero attached hydrogens (tertiary/aromatic N) is 6. The molecule has 9 nitrogen and oxygen atoms in total. The molecule has 0 N–H and O–H groups in total. The van der Waals surface area contributed by atoms with Crippen molar-refractivity contribution < 1.29 is 13.2 Å². The van der Waals surface area contributed by atoms with Crippen molar-refractivity contribution in [2.75, 3.05) is 45.8 Å². The molecule has 2 aliphatic heterocycles. The fourth-order valence-electron chi connectivity index (χ4n) is 6.63. The van der Waals surface area contributed by atoms with Crippen LogP contribution in [0.25, 0.3) is 5.69 Å². The van der Waals surface area contributed by atoms with Crippen LogP contribution in [0.4, 0.5) is 0 Å². The van der Waals surface area contributed by atoms with Gasteiger partial charge >= 0.3 is 0 Å². The Balaban J connectivity index is 1.18. The lowest BCUT2D eigenvalue weighted by Crippen LogP contribution is -2.50. The fourth-order valence-corrected chi connectivity index (χ4v) is 8.62. The molecular weight excluding hydrogens is 572 g/mol. The molecule has 5 rings (SSSR count). The first kappa shape index (κ1) is 32.3. The number of hydrogen-bond acceptors (Lipinski definition) is 6. The molecule has 2 fully saturated rings. The van der Waals surface area contributed by atoms with Crippen LogP contribution in [0.1, 0.15) is 71.1 Å². The van der Waals surface area contributed by atoms with Gasteiger partial charge in [0, 0.05) is 51.3 Å². The van der Waals surface area contributed by atoms with Gasteiger partial charge in [-0.15, -0.1) is 5.10 Å². The van der Waals surface area contributed by atoms with Gasteiger partial charge in [0.1, 0.15) is 0 Å². The van der Waals surface area contributed by atoms with Crippen molar-refractivity contribution in [3.63, 3.8) is 0 Å². The topological polar surface area (TPSA) is 91.6 Å². The molecule has 44 heavy (non-hydrogen) atoms. The van der Waals surface area contributed by atoms with Gasteiger partial charge < -0.3 is 9.80 Å². The van der Waals surface area contributed by atoms with Crippen LogP contribution < -0.4 is 0 Å². The summed E-state index contributed by atoms with van der Waals surface area (Å²) in [7, 11) is -3.67. The van der Waals surface area contributed by atoms with E-state index >= 15 is 0 Å². The minimum Gasteiger partial charge on any atom is -0.336 e. The van der Waals surface area contributed by atoms with Crippen molar-refractivity contribution in [2.45, 2.75) is 73.1 Å². The van der Waals surface area contributed by atoms with Crippen molar-refractivity contribution in [2.24, 2.45) is 11.3 Å². The first-order chi connectivity index (χ1) is 20.7. The Labute approximate surface area is 263 Å². The summed E-state index contributed by atoms with van der Waals surface area (Å²) in [5.74, 6) is 0.641. The van der Waals surface area contributed by atoms with Gasteiger partial charge in [-0.1, -0.05) is 26.0 Å². The standard InChI is InChI=1S/C34H48N6O3S/c1-23-13-15-37(22-34(23,7)8)16-14-30-21-40(36-35-30)31-11-9-29(10-12-31)33(41)38-17-19-39(20-18-38)44(42,43)32-27(5)25(3)24(2)26(4)28(32)6/h9-12,21,23H,13-20,22H2,1-8H3. The number of hydrogen-bond donors (Lipinski definition) is 0. The summed E-state index contributed by atoms with van der Waals surface area (Å²) in [5, 5.41) is 8.72. The van der Waals surface area contributed by atoms with Gasteiger partial charge in [-0.25, -0.2) is 13.1 Å². The maximum absolute atomic E-state index is 13.7. The number of sulfonamides is 1. The van der Waals surface area contributed by atoms with Crippen molar-refractivity contribution in [1.82, 2.24) is 29.1 Å². The molecule has 3 heterocycles. The number of amides is 1. The molecule has 2 aromatic carbocycles. The number of piperazine rings is 1. The Morgan fingerprint density at radius 1 is 0.886 bits per heavy atom. The van der Waals surface area contributed by atoms with Gasteiger partial charge in [0.25, 0.3) is 5.91 Å². The maximum Gasteiger partial charge on any atom is 0.253 e. The minimum absolute atomic E-state index is 0.0963. The van der Waals surface area contributed by atoms with Crippen LogP contribution >= 0.6 is 0 Å². The highest BCUT2D eigenvalue weighted by molar-refractivity contribution is 7.89. The molecule has 10 heteroatoms. The first-order valence-corrected chi connectivity index (χ1v) is 17.2. The Kier molecular flexibility index (Phi) is 9.08. The number of rotatable bonds is 7. The van der Waals surface area contributed by atoms with E-state index in [-0.39, 0.29) is 19.0 Å². The largest absolute Gasteiger partial charge is 0.336 e. The highest BCUT2D eigenvalue weighted by Crippen LogP contribution is 2.34. The van der Waals surface area contributed by atoms with Crippen molar-refractivity contribution in [3.05, 3.63) is 69.5 Å². The molecule has 0 bridgehead atoms. The number of carbonyl (C=O) groups excluding carboxylic acids is 1. The predicted octanol–water partition coefficient (Wildman–Crippen LogP) is 4.87. The molecule has 3 aromatic rings. The summed E-state index contributed by atoms with van der Waals surface area (Å²) in [5.41, 5.74) is 7.49. The Morgan fingerprint density at radius 3 is 2.07 bits per heavy atom. The molecule has 1 amide bonds. The number of likely N-dealkylation sites (tertiary alicyclic amines) is 1. The second-order valence-corrected chi connectivity index (χ2v) is 15.4. The molecule has 0 aliphatic carbocycles. The van der Waals surface area contributed by atoms with E-state index in [0.29, 0.717) is 29.0 Å². The molecule has 1 aromatic heterocycles. The van der Waals surface area contributed by atoms with Crippen LogP contribution in [0, 0.1) is 46.0 Å². The Hall–Kier alpha value is -3.08. The number of carbonyl (C=O) groups is 1. The van der Waals surface area contributed by atoms with Gasteiger partial charge in [-0.2, -0.15) is 4.31 Å². The maximum atomic E-state index is 13.7. The summed E-state index contributed by atoms with van der Waals surface area (Å²) >= 11 is 0. The average Bonchev–Trinajstić information content (AvgIpc) is 3.48. The van der Waals surface area contributed by atoms with Crippen LogP contribution in [0.3, 0.4) is 0 Å². The zero-order valence-electron chi connectivity index (χ0n) is 27.6. The number of benzene rings is 2. The summed E-state index contributed by atoms with van der Waals surface area (Å²) < 4.78 is 30.7. The molecule has 0 radical (unpaired) electrons. The second-order valence-electron chi connectivity index (χ2n) is 13.6. The van der Waals surface area contributed by atoms with E-state index < -0.39 is 10.0 Å². The fraction of sp³-hybridized carbons (Fsp3) is 0.559. The van der Waals surface area contributed by atoms with Crippen molar-refractivity contribution in [3.8, 4) is 5.69 Å². The summed E-state index contributed by atoms with van der Waals surface area (Å²) in [4.78, 5) is 18.0. The van der Waals surface area contributed by atoms with Crippen LogP contribution in [0.5, 0.6) is 0 Å². The molecule has 238 valence electrons. The molecule has 0 spiro atoms. The summed E-state index contributed by atoms with van der Waals surface area (Å²) in [6.45, 7) is 21.3. The Morgan fingerprint density at radius 2 is 1.48 bits per heavy atom. The molecule has 1 unspecified atom stereocenters. The summed E-state index contributed by atoms with van der Waals surface area (Å²) in [6, 6.07) is 7.39. The van der Waals surface area contributed by atoms with E-state index in [1.807, 2.05) is 65.1 Å². The second kappa shape index (κ2) is 12.4. The zero-order chi connectivity index (χ0) is 32.0. The minimum atomic E-state index is -3.67. The molecule has 2 saturated heterocycles. The lowest BCUT2D eigenvalue weighted by atomic mass is 9.75. The normalized spacial score (nSPS) is 19.8. The average molecular weight is 621 g/mol. The highest BCUT2D eigenvalue weighted by Gasteiger charge is 2.34. The third-order valence-electron chi connectivity index (χ3n) is 10.5. The number of aromatic nitrogens is 3. The van der Waals surface area contributed by atoms with Gasteiger partial charge in [0.15, 0.2) is 0 Å². The first-order valence-electron chi connectivity index (χ1n) is 15.8. The third kappa shape index (κ3) is 6.21. The van der Waals surface area contributed by atoms with Crippen LogP contribution in [0.15, 0.2) is 35.4 Å². The van der Waals surface area contributed by atoms with E-state index in [0.717, 1.165) is 71.2 Å². The van der Waals surface area contributed by atoms with E-state index in [1.165, 1.54) is 10.7 Å². The van der Waals surface area contributed by atoms with Gasteiger partial charge in [0.2, 0.25) is 10.0 Å². The van der Waals surface area contributed by atoms with Gasteiger partial charge in [-0.05, 0) is 111 Å². The van der Waals surface area contributed by atoms with Crippen LogP contribution in [-0.4, -0.2) is 89.2 Å². The predicted molar refractivity (Wildman–Crippen MR) is 174 cm³/mol. The quantitative estimate of drug-likeness (QED) is 0.375. The third-order valence-corrected chi connectivity index (χ3v) is 12.7. The van der Waals surface area contributed by atoms with E-state index in [2.05, 4.69) is 36.0 Å². The molecule has 1 atom stereocenters. The number of piperidine rings is 1. The van der Waals surface area contributed by atoms with Crippen LogP contribution in [-0.2, 0) is 16.4 Å². The van der Waals surface area contributed by atoms with Crippen molar-refractivity contribution >= 4 is 15.9 Å². The lowest BCUT2D eigenvalue weighted by Gasteiger charge is -2.43.